The number of halogens is 8. The number of nitrogens with zero attached hydrogens (tertiary/aromatic N) is 4. The summed E-state index contributed by atoms with van der Waals surface area (Å²) in [5, 5.41) is 9.28. The Morgan fingerprint density at radius 1 is 0.806 bits per heavy atom. The molecule has 6 nitrogen and oxygen atoms in total. The van der Waals surface area contributed by atoms with Gasteiger partial charge < -0.3 is 9.53 Å². The normalized spacial score (nSPS) is 14.6. The van der Waals surface area contributed by atoms with Crippen LogP contribution in [0.2, 0.25) is 29.9 Å². The Morgan fingerprint density at radius 2 is 1.25 bits per heavy atom. The molecule has 4 rings (SSSR count). The molecule has 0 spiro atoms. The Morgan fingerprint density at radius 3 is 1.64 bits per heavy atom. The van der Waals surface area contributed by atoms with Crippen molar-refractivity contribution in [1.29, 1.82) is 0 Å². The molecule has 4 heterocycles. The highest BCUT2D eigenvalue weighted by Crippen LogP contribution is 2.43. The van der Waals surface area contributed by atoms with Gasteiger partial charge in [0.1, 0.15) is 23.0 Å². The molecule has 0 amide bonds. The minimum atomic E-state index is -4.69. The van der Waals surface area contributed by atoms with Crippen LogP contribution in [0.5, 0.6) is 0 Å². The van der Waals surface area contributed by atoms with Crippen LogP contribution >= 0.6 is 45.9 Å². The van der Waals surface area contributed by atoms with E-state index in [1.54, 1.807) is 19.6 Å². The van der Waals surface area contributed by atoms with E-state index >= 15 is 0 Å². The van der Waals surface area contributed by atoms with Gasteiger partial charge in [-0.3, -0.25) is 0 Å². The van der Waals surface area contributed by atoms with Gasteiger partial charge in [-0.2, -0.15) is 26.3 Å². The van der Waals surface area contributed by atoms with Gasteiger partial charge >= 0.3 is 12.4 Å². The molecule has 0 aliphatic carbocycles. The van der Waals surface area contributed by atoms with Gasteiger partial charge in [0.2, 0.25) is 0 Å². The molecule has 2 atom stereocenters. The molecule has 0 aliphatic rings. The molecule has 196 valence electrons. The van der Waals surface area contributed by atoms with Crippen molar-refractivity contribution in [2.45, 2.75) is 44.2 Å². The van der Waals surface area contributed by atoms with Crippen LogP contribution in [0.4, 0.5) is 26.3 Å². The summed E-state index contributed by atoms with van der Waals surface area (Å²) in [6.07, 6.45) is -11.2. The van der Waals surface area contributed by atoms with Gasteiger partial charge in [0.25, 0.3) is 0 Å². The van der Waals surface area contributed by atoms with Gasteiger partial charge in [0.15, 0.2) is 20.5 Å². The standard InChI is InChI=1S/C11H12ClF3N2OSSi.C8H4ClF3N2OS/c1-20(2,3)18-9(11(13,14)15)7-4-6-8(19-7)10(12)17-5-16-6;9-7-5-3(13-2-14-7)1-4(16-5)6(15)8(10,11)12/h4-5,9H,1-3H3;1-2,6,15H. The third-order valence-corrected chi connectivity index (χ3v) is 8.28. The summed E-state index contributed by atoms with van der Waals surface area (Å²) >= 11 is 13.2. The molecular weight excluding hydrogens is 593 g/mol. The molecule has 2 unspecified atom stereocenters. The van der Waals surface area contributed by atoms with Crippen molar-refractivity contribution in [3.63, 3.8) is 0 Å². The van der Waals surface area contributed by atoms with Crippen molar-refractivity contribution in [2.24, 2.45) is 0 Å². The van der Waals surface area contributed by atoms with Crippen LogP contribution in [0.15, 0.2) is 24.8 Å². The van der Waals surface area contributed by atoms with E-state index < -0.39 is 32.9 Å². The first-order valence-corrected chi connectivity index (χ1v) is 15.6. The van der Waals surface area contributed by atoms with Crippen LogP contribution in [0, 0.1) is 0 Å². The van der Waals surface area contributed by atoms with Gasteiger partial charge in [0, 0.05) is 9.75 Å². The molecule has 1 N–H and O–H groups in total. The van der Waals surface area contributed by atoms with E-state index in [0.717, 1.165) is 35.1 Å². The second-order valence-electron chi connectivity index (χ2n) is 8.15. The number of rotatable bonds is 4. The lowest BCUT2D eigenvalue weighted by molar-refractivity contribution is -0.205. The lowest BCUT2D eigenvalue weighted by atomic mass is 10.3. The molecule has 36 heavy (non-hydrogen) atoms. The van der Waals surface area contributed by atoms with E-state index in [1.165, 1.54) is 12.4 Å². The van der Waals surface area contributed by atoms with Crippen molar-refractivity contribution < 1.29 is 35.9 Å². The Balaban J connectivity index is 0.000000205. The van der Waals surface area contributed by atoms with Crippen LogP contribution in [0.3, 0.4) is 0 Å². The average Bonchev–Trinajstić information content (AvgIpc) is 3.36. The average molecular weight is 609 g/mol. The molecule has 0 saturated heterocycles. The van der Waals surface area contributed by atoms with Crippen molar-refractivity contribution >= 4 is 74.6 Å². The maximum Gasteiger partial charge on any atom is 0.419 e. The molecule has 0 aromatic carbocycles. The van der Waals surface area contributed by atoms with Gasteiger partial charge in [0.05, 0.1) is 20.4 Å². The summed E-state index contributed by atoms with van der Waals surface area (Å²) in [7, 11) is -2.36. The fourth-order valence-corrected chi connectivity index (χ4v) is 6.37. The van der Waals surface area contributed by atoms with E-state index in [0.29, 0.717) is 20.4 Å². The third-order valence-electron chi connectivity index (χ3n) is 4.18. The summed E-state index contributed by atoms with van der Waals surface area (Å²) in [5.74, 6) is 0. The number of hydrogen-bond donors (Lipinski definition) is 1. The predicted molar refractivity (Wildman–Crippen MR) is 129 cm³/mol. The van der Waals surface area contributed by atoms with Gasteiger partial charge in [-0.25, -0.2) is 19.9 Å². The van der Waals surface area contributed by atoms with Gasteiger partial charge in [-0.15, -0.1) is 22.7 Å². The summed E-state index contributed by atoms with van der Waals surface area (Å²) in [5.41, 5.74) is 0.696. The first-order valence-electron chi connectivity index (χ1n) is 9.76. The van der Waals surface area contributed by atoms with Crippen molar-refractivity contribution in [1.82, 2.24) is 19.9 Å². The SMILES string of the molecule is C[Si](C)(C)OC(c1cc2ncnc(Cl)c2s1)C(F)(F)F.OC(c1cc2ncnc(Cl)c2s1)C(F)(F)F. The monoisotopic (exact) mass is 608 g/mol. The second-order valence-corrected chi connectivity index (χ2v) is 15.5. The number of aliphatic hydroxyl groups excluding tert-OH is 1. The fourth-order valence-electron chi connectivity index (χ4n) is 2.75. The van der Waals surface area contributed by atoms with E-state index in [2.05, 4.69) is 19.9 Å². The van der Waals surface area contributed by atoms with Crippen LogP contribution in [-0.2, 0) is 4.43 Å². The number of thiophene rings is 2. The lowest BCUT2D eigenvalue weighted by Gasteiger charge is -2.27. The molecule has 0 aliphatic heterocycles. The van der Waals surface area contributed by atoms with E-state index in [1.807, 2.05) is 0 Å². The highest BCUT2D eigenvalue weighted by molar-refractivity contribution is 7.20. The fraction of sp³-hybridized carbons (Fsp3) is 0.368. The molecule has 4 aromatic rings. The highest BCUT2D eigenvalue weighted by atomic mass is 35.5. The number of fused-ring (bicyclic) bond motifs is 2. The first-order chi connectivity index (χ1) is 16.5. The largest absolute Gasteiger partial charge is 0.419 e. The topological polar surface area (TPSA) is 81.0 Å². The molecule has 4 aromatic heterocycles. The molecule has 0 radical (unpaired) electrons. The Labute approximate surface area is 219 Å². The maximum absolute atomic E-state index is 13.2. The number of aromatic nitrogens is 4. The Hall–Kier alpha value is -1.62. The summed E-state index contributed by atoms with van der Waals surface area (Å²) in [6, 6.07) is 2.53. The third kappa shape index (κ3) is 7.02. The summed E-state index contributed by atoms with van der Waals surface area (Å²) < 4.78 is 82.4. The zero-order chi connectivity index (χ0) is 27.1. The van der Waals surface area contributed by atoms with Crippen molar-refractivity contribution in [3.05, 3.63) is 44.8 Å². The lowest BCUT2D eigenvalue weighted by Crippen LogP contribution is -2.34. The maximum atomic E-state index is 13.2. The van der Waals surface area contributed by atoms with Crippen LogP contribution < -0.4 is 0 Å². The second kappa shape index (κ2) is 10.6. The van der Waals surface area contributed by atoms with Crippen molar-refractivity contribution in [2.75, 3.05) is 0 Å². The zero-order valence-electron chi connectivity index (χ0n) is 18.4. The number of aliphatic hydroxyl groups is 1. The number of hydrogen-bond acceptors (Lipinski definition) is 8. The van der Waals surface area contributed by atoms with Crippen LogP contribution in [0.25, 0.3) is 20.4 Å². The quantitative estimate of drug-likeness (QED) is 0.145. The highest BCUT2D eigenvalue weighted by Gasteiger charge is 2.45. The minimum absolute atomic E-state index is 0.0531. The molecule has 0 fully saturated rings. The molecule has 0 saturated carbocycles. The Kier molecular flexibility index (Phi) is 8.54. The summed E-state index contributed by atoms with van der Waals surface area (Å²) in [6.45, 7) is 5.14. The zero-order valence-corrected chi connectivity index (χ0v) is 22.6. The van der Waals surface area contributed by atoms with Crippen LogP contribution in [-0.4, -0.2) is 45.7 Å². The molecular formula is C19H16Cl2F6N4O2S2Si. The van der Waals surface area contributed by atoms with Gasteiger partial charge in [-0.05, 0) is 31.8 Å². The van der Waals surface area contributed by atoms with E-state index in [4.69, 9.17) is 32.7 Å². The van der Waals surface area contributed by atoms with Crippen molar-refractivity contribution in [3.8, 4) is 0 Å². The smallest absolute Gasteiger partial charge is 0.402 e. The van der Waals surface area contributed by atoms with E-state index in [-0.39, 0.29) is 20.1 Å². The summed E-state index contributed by atoms with van der Waals surface area (Å²) in [4.78, 5) is 14.9. The molecule has 0 bridgehead atoms. The Bertz CT molecular complexity index is 1360. The van der Waals surface area contributed by atoms with E-state index in [9.17, 15) is 26.3 Å². The van der Waals surface area contributed by atoms with Gasteiger partial charge in [-0.1, -0.05) is 23.2 Å². The number of alkyl halides is 6. The predicted octanol–water partition coefficient (Wildman–Crippen LogP) is 7.74. The molecule has 17 heteroatoms. The minimum Gasteiger partial charge on any atom is -0.402 e. The van der Waals surface area contributed by atoms with Crippen LogP contribution in [0.1, 0.15) is 22.0 Å². The first kappa shape index (κ1) is 28.9.